The van der Waals surface area contributed by atoms with Crippen LogP contribution < -0.4 is 4.74 Å². The lowest BCUT2D eigenvalue weighted by Gasteiger charge is -2.09. The number of aromatic nitrogens is 4. The maximum absolute atomic E-state index is 12.5. The predicted octanol–water partition coefficient (Wildman–Crippen LogP) is 3.26. The number of aryl methyl sites for hydroxylation is 2. The molecular formula is C18H18N4O2S. The Balaban J connectivity index is 1.79. The molecule has 0 aliphatic heterocycles. The van der Waals surface area contributed by atoms with E-state index in [0.717, 1.165) is 22.4 Å². The summed E-state index contributed by atoms with van der Waals surface area (Å²) in [7, 11) is 1.60. The van der Waals surface area contributed by atoms with Gasteiger partial charge in [0.2, 0.25) is 5.16 Å². The van der Waals surface area contributed by atoms with Gasteiger partial charge in [0.15, 0.2) is 5.78 Å². The van der Waals surface area contributed by atoms with Gasteiger partial charge >= 0.3 is 0 Å². The molecular weight excluding hydrogens is 336 g/mol. The van der Waals surface area contributed by atoms with E-state index in [1.807, 2.05) is 56.3 Å². The van der Waals surface area contributed by atoms with E-state index in [1.165, 1.54) is 11.8 Å². The van der Waals surface area contributed by atoms with E-state index in [1.54, 1.807) is 11.8 Å². The number of ketones is 1. The third kappa shape index (κ3) is 3.71. The number of nitrogens with zero attached hydrogens (tertiary/aromatic N) is 4. The Morgan fingerprint density at radius 2 is 2.00 bits per heavy atom. The first kappa shape index (κ1) is 17.2. The first-order valence-electron chi connectivity index (χ1n) is 7.75. The van der Waals surface area contributed by atoms with Crippen molar-refractivity contribution in [2.24, 2.45) is 0 Å². The number of thioether (sulfide) groups is 1. The summed E-state index contributed by atoms with van der Waals surface area (Å²) < 4.78 is 6.94. The molecule has 128 valence electrons. The quantitative estimate of drug-likeness (QED) is 0.500. The van der Waals surface area contributed by atoms with Crippen molar-refractivity contribution in [2.45, 2.75) is 19.0 Å². The average Bonchev–Trinajstić information content (AvgIpc) is 3.08. The van der Waals surface area contributed by atoms with Gasteiger partial charge in [-0.25, -0.2) is 0 Å². The maximum Gasteiger partial charge on any atom is 0.214 e. The Hall–Kier alpha value is -2.67. The van der Waals surface area contributed by atoms with E-state index in [-0.39, 0.29) is 11.5 Å². The zero-order chi connectivity index (χ0) is 17.8. The van der Waals surface area contributed by atoms with E-state index in [0.29, 0.717) is 10.9 Å². The summed E-state index contributed by atoms with van der Waals surface area (Å²) in [6.07, 6.45) is 0. The number of methoxy groups -OCH3 is 1. The minimum Gasteiger partial charge on any atom is -0.494 e. The van der Waals surface area contributed by atoms with Gasteiger partial charge in [0.25, 0.3) is 0 Å². The summed E-state index contributed by atoms with van der Waals surface area (Å²) >= 11 is 1.31. The number of ether oxygens (including phenoxy) is 1. The highest BCUT2D eigenvalue weighted by atomic mass is 32.2. The molecule has 7 heteroatoms. The van der Waals surface area contributed by atoms with Gasteiger partial charge in [-0.05, 0) is 42.0 Å². The minimum absolute atomic E-state index is 0.0528. The molecule has 6 nitrogen and oxygen atoms in total. The molecule has 2 aromatic carbocycles. The number of tetrazole rings is 1. The summed E-state index contributed by atoms with van der Waals surface area (Å²) in [5.74, 6) is 0.980. The van der Waals surface area contributed by atoms with Crippen molar-refractivity contribution in [2.75, 3.05) is 12.9 Å². The van der Waals surface area contributed by atoms with Gasteiger partial charge in [0.05, 0.1) is 12.9 Å². The van der Waals surface area contributed by atoms with Gasteiger partial charge in [-0.1, -0.05) is 47.7 Å². The second kappa shape index (κ2) is 7.48. The van der Waals surface area contributed by atoms with Crippen LogP contribution in [0.1, 0.15) is 21.5 Å². The molecule has 0 fully saturated rings. The number of Topliss-reactive ketones (excluding diaryl/α,β-unsaturated/α-hetero) is 1. The van der Waals surface area contributed by atoms with Crippen LogP contribution in [0, 0.1) is 13.8 Å². The van der Waals surface area contributed by atoms with E-state index < -0.39 is 0 Å². The summed E-state index contributed by atoms with van der Waals surface area (Å²) in [6.45, 7) is 3.96. The zero-order valence-electron chi connectivity index (χ0n) is 14.3. The molecule has 0 amide bonds. The number of rotatable bonds is 6. The number of benzene rings is 2. The Labute approximate surface area is 150 Å². The molecule has 0 aliphatic carbocycles. The molecule has 0 radical (unpaired) electrons. The summed E-state index contributed by atoms with van der Waals surface area (Å²) in [4.78, 5) is 12.5. The highest BCUT2D eigenvalue weighted by Gasteiger charge is 2.16. The lowest BCUT2D eigenvalue weighted by Crippen LogP contribution is -2.07. The van der Waals surface area contributed by atoms with Crippen molar-refractivity contribution in [3.8, 4) is 11.4 Å². The van der Waals surface area contributed by atoms with Gasteiger partial charge in [-0.15, -0.1) is 5.10 Å². The van der Waals surface area contributed by atoms with Crippen LogP contribution in [0.15, 0.2) is 47.6 Å². The maximum atomic E-state index is 12.5. The molecule has 0 saturated heterocycles. The van der Waals surface area contributed by atoms with Crippen LogP contribution >= 0.6 is 11.8 Å². The number of para-hydroxylation sites is 2. The lowest BCUT2D eigenvalue weighted by molar-refractivity contribution is 0.102. The Bertz CT molecular complexity index is 908. The van der Waals surface area contributed by atoms with Crippen LogP contribution in [0.25, 0.3) is 5.69 Å². The SMILES string of the molecule is COc1ccccc1-n1nnnc1SCC(=O)c1ccc(C)cc1C. The molecule has 0 atom stereocenters. The third-order valence-electron chi connectivity index (χ3n) is 3.77. The molecule has 3 rings (SSSR count). The standard InChI is InChI=1S/C18H18N4O2S/c1-12-8-9-14(13(2)10-12)16(23)11-25-18-19-20-21-22(18)15-6-4-5-7-17(15)24-3/h4-10H,11H2,1-3H3. The van der Waals surface area contributed by atoms with Crippen molar-refractivity contribution in [1.29, 1.82) is 0 Å². The molecule has 25 heavy (non-hydrogen) atoms. The second-order valence-electron chi connectivity index (χ2n) is 5.58. The van der Waals surface area contributed by atoms with Crippen LogP contribution in [0.4, 0.5) is 0 Å². The zero-order valence-corrected chi connectivity index (χ0v) is 15.1. The third-order valence-corrected chi connectivity index (χ3v) is 4.69. The van der Waals surface area contributed by atoms with Gasteiger partial charge < -0.3 is 4.74 Å². The van der Waals surface area contributed by atoms with Crippen molar-refractivity contribution >= 4 is 17.5 Å². The normalized spacial score (nSPS) is 10.7. The fourth-order valence-corrected chi connectivity index (χ4v) is 3.33. The highest BCUT2D eigenvalue weighted by Crippen LogP contribution is 2.26. The van der Waals surface area contributed by atoms with Gasteiger partial charge in [0, 0.05) is 5.56 Å². The molecule has 0 saturated carbocycles. The van der Waals surface area contributed by atoms with Crippen molar-refractivity contribution in [1.82, 2.24) is 20.2 Å². The molecule has 0 spiro atoms. The predicted molar refractivity (Wildman–Crippen MR) is 96.7 cm³/mol. The first-order valence-corrected chi connectivity index (χ1v) is 8.73. The highest BCUT2D eigenvalue weighted by molar-refractivity contribution is 7.99. The van der Waals surface area contributed by atoms with Gasteiger partial charge in [0.1, 0.15) is 11.4 Å². The smallest absolute Gasteiger partial charge is 0.214 e. The topological polar surface area (TPSA) is 69.9 Å². The van der Waals surface area contributed by atoms with E-state index in [9.17, 15) is 4.79 Å². The number of hydrogen-bond acceptors (Lipinski definition) is 6. The van der Waals surface area contributed by atoms with Crippen molar-refractivity contribution in [3.63, 3.8) is 0 Å². The van der Waals surface area contributed by atoms with Crippen molar-refractivity contribution < 1.29 is 9.53 Å². The molecule has 1 heterocycles. The first-order chi connectivity index (χ1) is 12.1. The molecule has 0 N–H and O–H groups in total. The molecule has 3 aromatic rings. The molecule has 0 aliphatic rings. The monoisotopic (exact) mass is 354 g/mol. The average molecular weight is 354 g/mol. The molecule has 0 unspecified atom stereocenters. The molecule has 0 bridgehead atoms. The van der Waals surface area contributed by atoms with Crippen molar-refractivity contribution in [3.05, 3.63) is 59.2 Å². The Morgan fingerprint density at radius 1 is 1.20 bits per heavy atom. The summed E-state index contributed by atoms with van der Waals surface area (Å²) in [5.41, 5.74) is 3.59. The van der Waals surface area contributed by atoms with Gasteiger partial charge in [-0.2, -0.15) is 4.68 Å². The van der Waals surface area contributed by atoms with Crippen LogP contribution in [-0.2, 0) is 0 Å². The summed E-state index contributed by atoms with van der Waals surface area (Å²) in [6, 6.07) is 13.3. The second-order valence-corrected chi connectivity index (χ2v) is 6.52. The number of carbonyl (C=O) groups is 1. The molecule has 1 aromatic heterocycles. The van der Waals surface area contributed by atoms with Gasteiger partial charge in [-0.3, -0.25) is 4.79 Å². The Kier molecular flexibility index (Phi) is 5.14. The number of hydrogen-bond donors (Lipinski definition) is 0. The van der Waals surface area contributed by atoms with Crippen LogP contribution in [0.3, 0.4) is 0 Å². The fourth-order valence-electron chi connectivity index (χ4n) is 2.56. The lowest BCUT2D eigenvalue weighted by atomic mass is 10.0. The summed E-state index contributed by atoms with van der Waals surface area (Å²) in [5, 5.41) is 12.3. The minimum atomic E-state index is 0.0528. The van der Waals surface area contributed by atoms with E-state index in [4.69, 9.17) is 4.74 Å². The Morgan fingerprint density at radius 3 is 2.76 bits per heavy atom. The van der Waals surface area contributed by atoms with E-state index in [2.05, 4.69) is 15.5 Å². The van der Waals surface area contributed by atoms with E-state index >= 15 is 0 Å². The number of carbonyl (C=O) groups excluding carboxylic acids is 1. The largest absolute Gasteiger partial charge is 0.494 e. The van der Waals surface area contributed by atoms with Crippen LogP contribution in [0.5, 0.6) is 5.75 Å². The van der Waals surface area contributed by atoms with Crippen LogP contribution in [0.2, 0.25) is 0 Å². The fraction of sp³-hybridized carbons (Fsp3) is 0.222. The van der Waals surface area contributed by atoms with Crippen LogP contribution in [-0.4, -0.2) is 38.9 Å².